The number of fused-ring (bicyclic) bond motifs is 1. The fraction of sp³-hybridized carbons (Fsp3) is 0.130. The van der Waals surface area contributed by atoms with Gasteiger partial charge < -0.3 is 9.47 Å². The highest BCUT2D eigenvalue weighted by molar-refractivity contribution is 5.99. The number of amides is 1. The van der Waals surface area contributed by atoms with Crippen LogP contribution in [0.4, 0.5) is 11.4 Å². The van der Waals surface area contributed by atoms with E-state index in [9.17, 15) is 19.7 Å². The second kappa shape index (κ2) is 8.66. The van der Waals surface area contributed by atoms with Crippen LogP contribution >= 0.6 is 0 Å². The topological polar surface area (TPSA) is 99.0 Å². The van der Waals surface area contributed by atoms with Crippen LogP contribution in [0, 0.1) is 10.1 Å². The molecule has 0 aliphatic carbocycles. The minimum absolute atomic E-state index is 0.125. The summed E-state index contributed by atoms with van der Waals surface area (Å²) in [7, 11) is 0. The van der Waals surface area contributed by atoms with Gasteiger partial charge in [-0.1, -0.05) is 42.5 Å². The van der Waals surface area contributed by atoms with E-state index in [1.54, 1.807) is 23.1 Å². The number of non-ortho nitro benzene ring substituents is 1. The molecular formula is C23H18N2O6. The summed E-state index contributed by atoms with van der Waals surface area (Å²) >= 11 is 0. The minimum Gasteiger partial charge on any atom is -0.489 e. The molecule has 3 aromatic carbocycles. The maximum absolute atomic E-state index is 13.1. The molecule has 1 aliphatic heterocycles. The fourth-order valence-electron chi connectivity index (χ4n) is 3.42. The van der Waals surface area contributed by atoms with Gasteiger partial charge in [-0.3, -0.25) is 19.8 Å². The van der Waals surface area contributed by atoms with Crippen molar-refractivity contribution in [1.82, 2.24) is 0 Å². The van der Waals surface area contributed by atoms with Crippen LogP contribution in [-0.4, -0.2) is 30.0 Å². The number of esters is 1. The van der Waals surface area contributed by atoms with E-state index in [0.29, 0.717) is 11.4 Å². The summed E-state index contributed by atoms with van der Waals surface area (Å²) in [4.78, 5) is 37.2. The molecule has 0 N–H and O–H groups in total. The summed E-state index contributed by atoms with van der Waals surface area (Å²) in [6, 6.07) is 21.3. The third kappa shape index (κ3) is 4.23. The number of rotatable bonds is 5. The molecule has 1 atom stereocenters. The monoisotopic (exact) mass is 418 g/mol. The number of nitrogens with zero attached hydrogens (tertiary/aromatic N) is 2. The van der Waals surface area contributed by atoms with Gasteiger partial charge in [-0.2, -0.15) is 0 Å². The first kappa shape index (κ1) is 20.1. The average molecular weight is 418 g/mol. The van der Waals surface area contributed by atoms with Crippen molar-refractivity contribution in [2.75, 3.05) is 18.1 Å². The number of nitro benzene ring substituents is 1. The van der Waals surface area contributed by atoms with Gasteiger partial charge in [0, 0.05) is 12.1 Å². The number of ether oxygens (including phenoxy) is 2. The predicted molar refractivity (Wildman–Crippen MR) is 112 cm³/mol. The van der Waals surface area contributed by atoms with Crippen LogP contribution in [-0.2, 0) is 9.53 Å². The maximum atomic E-state index is 13.1. The smallest absolute Gasteiger partial charge is 0.338 e. The average Bonchev–Trinajstić information content (AvgIpc) is 2.82. The number of benzene rings is 3. The maximum Gasteiger partial charge on any atom is 0.338 e. The Morgan fingerprint density at radius 3 is 2.39 bits per heavy atom. The summed E-state index contributed by atoms with van der Waals surface area (Å²) in [5.74, 6) is -0.564. The number of hydrogen-bond donors (Lipinski definition) is 0. The predicted octanol–water partition coefficient (Wildman–Crippen LogP) is 3.92. The van der Waals surface area contributed by atoms with E-state index >= 15 is 0 Å². The standard InChI is InChI=1S/C23H18N2O6/c26-22(15-31-23(27)17-10-12-18(13-11-17)25(28)29)24-19-8-4-5-9-21(19)30-14-20(24)16-6-2-1-3-7-16/h1-13,20H,14-15H2. The Balaban J connectivity index is 1.53. The van der Waals surface area contributed by atoms with Crippen LogP contribution in [0.25, 0.3) is 0 Å². The van der Waals surface area contributed by atoms with Crippen molar-refractivity contribution in [3.8, 4) is 5.75 Å². The Morgan fingerprint density at radius 2 is 1.68 bits per heavy atom. The van der Waals surface area contributed by atoms with Crippen molar-refractivity contribution in [3.05, 3.63) is 100 Å². The van der Waals surface area contributed by atoms with Gasteiger partial charge in [-0.25, -0.2) is 4.79 Å². The molecule has 31 heavy (non-hydrogen) atoms. The SMILES string of the molecule is O=C(OCC(=O)N1c2ccccc2OCC1c1ccccc1)c1ccc([N+](=O)[O-])cc1. The molecule has 0 saturated carbocycles. The van der Waals surface area contributed by atoms with E-state index in [1.807, 2.05) is 36.4 Å². The molecule has 8 heteroatoms. The molecule has 0 aromatic heterocycles. The molecule has 3 aromatic rings. The molecule has 0 radical (unpaired) electrons. The molecule has 1 heterocycles. The zero-order valence-electron chi connectivity index (χ0n) is 16.3. The lowest BCUT2D eigenvalue weighted by Gasteiger charge is -2.37. The van der Waals surface area contributed by atoms with E-state index in [2.05, 4.69) is 0 Å². The summed E-state index contributed by atoms with van der Waals surface area (Å²) in [5, 5.41) is 10.7. The Labute approximate surface area is 177 Å². The molecule has 1 aliphatic rings. The summed E-state index contributed by atoms with van der Waals surface area (Å²) < 4.78 is 11.0. The number of anilines is 1. The Hall–Kier alpha value is -4.20. The third-order valence-electron chi connectivity index (χ3n) is 4.93. The van der Waals surface area contributed by atoms with E-state index in [1.165, 1.54) is 24.3 Å². The van der Waals surface area contributed by atoms with Gasteiger partial charge in [0.25, 0.3) is 11.6 Å². The number of hydrogen-bond acceptors (Lipinski definition) is 6. The lowest BCUT2D eigenvalue weighted by atomic mass is 10.0. The zero-order valence-corrected chi connectivity index (χ0v) is 16.3. The fourth-order valence-corrected chi connectivity index (χ4v) is 3.42. The molecule has 0 spiro atoms. The van der Waals surface area contributed by atoms with Crippen LogP contribution in [0.1, 0.15) is 22.0 Å². The molecule has 0 fully saturated rings. The van der Waals surface area contributed by atoms with E-state index < -0.39 is 23.4 Å². The molecule has 1 amide bonds. The molecule has 4 rings (SSSR count). The van der Waals surface area contributed by atoms with Gasteiger partial charge >= 0.3 is 5.97 Å². The van der Waals surface area contributed by atoms with Crippen LogP contribution in [0.5, 0.6) is 5.75 Å². The highest BCUT2D eigenvalue weighted by atomic mass is 16.6. The summed E-state index contributed by atoms with van der Waals surface area (Å²) in [6.07, 6.45) is 0. The van der Waals surface area contributed by atoms with Gasteiger partial charge in [-0.05, 0) is 29.8 Å². The second-order valence-corrected chi connectivity index (χ2v) is 6.85. The van der Waals surface area contributed by atoms with E-state index in [-0.39, 0.29) is 23.9 Å². The van der Waals surface area contributed by atoms with Crippen molar-refractivity contribution in [2.45, 2.75) is 6.04 Å². The highest BCUT2D eigenvalue weighted by Crippen LogP contribution is 2.39. The molecule has 1 unspecified atom stereocenters. The van der Waals surface area contributed by atoms with Crippen molar-refractivity contribution in [3.63, 3.8) is 0 Å². The molecular weight excluding hydrogens is 400 g/mol. The lowest BCUT2D eigenvalue weighted by molar-refractivity contribution is -0.384. The van der Waals surface area contributed by atoms with E-state index in [0.717, 1.165) is 5.56 Å². The van der Waals surface area contributed by atoms with Gasteiger partial charge in [0.2, 0.25) is 0 Å². The third-order valence-corrected chi connectivity index (χ3v) is 4.93. The molecule has 0 saturated heterocycles. The largest absolute Gasteiger partial charge is 0.489 e. The van der Waals surface area contributed by atoms with Gasteiger partial charge in [0.1, 0.15) is 12.4 Å². The Morgan fingerprint density at radius 1 is 1.00 bits per heavy atom. The van der Waals surface area contributed by atoms with Crippen molar-refractivity contribution in [2.24, 2.45) is 0 Å². The first-order chi connectivity index (χ1) is 15.0. The van der Waals surface area contributed by atoms with Gasteiger partial charge in [0.05, 0.1) is 22.2 Å². The van der Waals surface area contributed by atoms with Gasteiger partial charge in [-0.15, -0.1) is 0 Å². The first-order valence-corrected chi connectivity index (χ1v) is 9.55. The Kier molecular flexibility index (Phi) is 5.61. The molecule has 8 nitrogen and oxygen atoms in total. The van der Waals surface area contributed by atoms with Crippen LogP contribution < -0.4 is 9.64 Å². The van der Waals surface area contributed by atoms with Crippen molar-refractivity contribution in [1.29, 1.82) is 0 Å². The summed E-state index contributed by atoms with van der Waals surface area (Å²) in [6.45, 7) is -0.212. The number of carbonyl (C=O) groups excluding carboxylic acids is 2. The number of para-hydroxylation sites is 2. The lowest BCUT2D eigenvalue weighted by Crippen LogP contribution is -2.43. The normalized spacial score (nSPS) is 14.8. The van der Waals surface area contributed by atoms with Crippen molar-refractivity contribution < 1.29 is 24.0 Å². The second-order valence-electron chi connectivity index (χ2n) is 6.85. The first-order valence-electron chi connectivity index (χ1n) is 9.55. The number of nitro groups is 1. The highest BCUT2D eigenvalue weighted by Gasteiger charge is 2.33. The minimum atomic E-state index is -0.735. The van der Waals surface area contributed by atoms with Crippen LogP contribution in [0.15, 0.2) is 78.9 Å². The van der Waals surface area contributed by atoms with Crippen LogP contribution in [0.3, 0.4) is 0 Å². The van der Waals surface area contributed by atoms with E-state index in [4.69, 9.17) is 9.47 Å². The van der Waals surface area contributed by atoms with Crippen molar-refractivity contribution >= 4 is 23.3 Å². The Bertz CT molecular complexity index is 1110. The van der Waals surface area contributed by atoms with Crippen LogP contribution in [0.2, 0.25) is 0 Å². The quantitative estimate of drug-likeness (QED) is 0.354. The molecule has 0 bridgehead atoms. The number of carbonyl (C=O) groups is 2. The molecule has 156 valence electrons. The summed E-state index contributed by atoms with van der Waals surface area (Å²) in [5.41, 5.74) is 1.48. The van der Waals surface area contributed by atoms with Gasteiger partial charge in [0.15, 0.2) is 6.61 Å². The zero-order chi connectivity index (χ0) is 21.8.